The van der Waals surface area contributed by atoms with Crippen molar-refractivity contribution in [2.45, 2.75) is 114 Å². The molecular formula is C75H85ClN2O21S6. The Balaban J connectivity index is 0.000000630. The van der Waals surface area contributed by atoms with Gasteiger partial charge in [-0.15, -0.1) is 74.1 Å². The number of aliphatic hydroxyl groups excluding tert-OH is 6. The van der Waals surface area contributed by atoms with Crippen LogP contribution in [0, 0.1) is 102 Å². The van der Waals surface area contributed by atoms with Gasteiger partial charge in [0, 0.05) is 93.2 Å². The summed E-state index contributed by atoms with van der Waals surface area (Å²) in [5.41, 5.74) is 4.11. The molecule has 12 atom stereocenters. The van der Waals surface area contributed by atoms with Crippen molar-refractivity contribution >= 4 is 76.3 Å². The number of nitrogens with zero attached hydrogens (tertiary/aromatic N) is 2. The lowest BCUT2D eigenvalue weighted by Gasteiger charge is -2.20. The van der Waals surface area contributed by atoms with Gasteiger partial charge in [0.2, 0.25) is 0 Å². The van der Waals surface area contributed by atoms with E-state index in [1.54, 1.807) is 91.0 Å². The lowest BCUT2D eigenvalue weighted by Crippen LogP contribution is -2.25. The van der Waals surface area contributed by atoms with Crippen LogP contribution in [0.25, 0.3) is 0 Å². The summed E-state index contributed by atoms with van der Waals surface area (Å²) < 4.78 is 145. The molecule has 6 rings (SSSR count). The van der Waals surface area contributed by atoms with Crippen LogP contribution in [0.1, 0.15) is 115 Å². The molecule has 6 N–H and O–H groups in total. The number of aryl methyl sites for hydroxylation is 1. The first kappa shape index (κ1) is 94.1. The van der Waals surface area contributed by atoms with Crippen molar-refractivity contribution in [2.75, 3.05) is 44.6 Å². The number of ether oxygens (including phenoxy) is 1. The van der Waals surface area contributed by atoms with E-state index in [0.717, 1.165) is 43.1 Å². The van der Waals surface area contributed by atoms with Crippen LogP contribution in [0.2, 0.25) is 5.02 Å². The molecule has 6 aromatic carbocycles. The lowest BCUT2D eigenvalue weighted by molar-refractivity contribution is -0.384. The number of nitro benzene ring substituents is 1. The molecule has 0 bridgehead atoms. The molecule has 23 nitrogen and oxygen atoms in total. The highest BCUT2D eigenvalue weighted by Crippen LogP contribution is 2.34. The van der Waals surface area contributed by atoms with Gasteiger partial charge in [-0.2, -0.15) is 5.26 Å². The molecule has 0 amide bonds. The topological polar surface area (TPSA) is 402 Å². The molecule has 12 unspecified atom stereocenters. The van der Waals surface area contributed by atoms with Gasteiger partial charge in [-0.05, 0) is 76.7 Å². The first-order chi connectivity index (χ1) is 48.7. The second-order valence-corrected chi connectivity index (χ2v) is 37.0. The van der Waals surface area contributed by atoms with Crippen molar-refractivity contribution in [3.8, 4) is 85.9 Å². The van der Waals surface area contributed by atoms with Gasteiger partial charge in [0.1, 0.15) is 37.2 Å². The average Bonchev–Trinajstić information content (AvgIpc) is 0.851. The van der Waals surface area contributed by atoms with Gasteiger partial charge in [-0.25, -0.2) is 50.5 Å². The van der Waals surface area contributed by atoms with Gasteiger partial charge in [0.15, 0.2) is 59.0 Å². The van der Waals surface area contributed by atoms with Crippen LogP contribution >= 0.6 is 11.6 Å². The SMILES string of the molecule is C#CCC(O)C(c1ccc(C#N)cc1)S(C)(=O)=O.C#CCC(O)C(c1ccc(C)cc1)S(C)(=O)=O.C#CCC(O)C(c1ccc(Cl)cc1)S(C)(=O)=O.C#CCC(O)C(c1ccc([N+](=O)[O-])cc1)S(C)(=O)=O.C#CCC(O)C(c1cccc(OC)c1)S(C)(=O)=O.C#CCC(O)C(c1ccccc1)S(C)(=O)=O. The Morgan fingerprint density at radius 2 is 0.648 bits per heavy atom. The number of halogens is 1. The van der Waals surface area contributed by atoms with Crippen molar-refractivity contribution in [1.82, 2.24) is 0 Å². The average molecular weight is 1580 g/mol. The van der Waals surface area contributed by atoms with E-state index in [4.69, 9.17) is 60.1 Å². The number of nitro groups is 1. The van der Waals surface area contributed by atoms with E-state index in [-0.39, 0.29) is 49.8 Å². The van der Waals surface area contributed by atoms with E-state index >= 15 is 0 Å². The fourth-order valence-electron chi connectivity index (χ4n) is 10.3. The molecule has 0 saturated heterocycles. The Bertz CT molecular complexity index is 4730. The molecule has 564 valence electrons. The minimum absolute atomic E-state index is 0.0135. The van der Waals surface area contributed by atoms with Crippen LogP contribution in [0.4, 0.5) is 5.69 Å². The van der Waals surface area contributed by atoms with Crippen molar-refractivity contribution in [2.24, 2.45) is 0 Å². The van der Waals surface area contributed by atoms with E-state index in [1.165, 1.54) is 55.6 Å². The van der Waals surface area contributed by atoms with E-state index in [9.17, 15) is 91.3 Å². The molecule has 6 aromatic rings. The van der Waals surface area contributed by atoms with Crippen molar-refractivity contribution in [1.29, 1.82) is 5.26 Å². The number of non-ortho nitro benzene ring substituents is 1. The summed E-state index contributed by atoms with van der Waals surface area (Å²) in [6, 6.07) is 41.6. The highest BCUT2D eigenvalue weighted by Gasteiger charge is 2.35. The summed E-state index contributed by atoms with van der Waals surface area (Å²) >= 11 is 5.73. The van der Waals surface area contributed by atoms with Crippen molar-refractivity contribution in [3.05, 3.63) is 211 Å². The minimum Gasteiger partial charge on any atom is -0.497 e. The first-order valence-electron chi connectivity index (χ1n) is 30.8. The summed E-state index contributed by atoms with van der Waals surface area (Å²) in [5.74, 6) is 14.1. The van der Waals surface area contributed by atoms with Gasteiger partial charge in [0.25, 0.3) is 5.69 Å². The number of methoxy groups -OCH3 is 1. The number of benzene rings is 6. The Hall–Kier alpha value is -8.88. The van der Waals surface area contributed by atoms with Crippen LogP contribution < -0.4 is 4.74 Å². The highest BCUT2D eigenvalue weighted by atomic mass is 35.5. The number of aliphatic hydroxyl groups is 6. The molecule has 0 saturated carbocycles. The number of nitriles is 1. The quantitative estimate of drug-likeness (QED) is 0.0172. The first-order valence-corrected chi connectivity index (χ1v) is 42.9. The number of sulfone groups is 6. The van der Waals surface area contributed by atoms with E-state index < -0.39 is 132 Å². The second kappa shape index (κ2) is 44.2. The molecule has 0 aliphatic carbocycles. The molecule has 0 fully saturated rings. The smallest absolute Gasteiger partial charge is 0.269 e. The van der Waals surface area contributed by atoms with Crippen LogP contribution in [-0.2, 0) is 59.0 Å². The molecule has 0 aliphatic heterocycles. The van der Waals surface area contributed by atoms with Gasteiger partial charge in [-0.1, -0.05) is 120 Å². The predicted molar refractivity (Wildman–Crippen MR) is 409 cm³/mol. The zero-order valence-electron chi connectivity index (χ0n) is 58.6. The van der Waals surface area contributed by atoms with E-state index in [0.29, 0.717) is 44.2 Å². The predicted octanol–water partition coefficient (Wildman–Crippen LogP) is 7.69. The third-order valence-corrected chi connectivity index (χ3v) is 24.1. The van der Waals surface area contributed by atoms with Gasteiger partial charge in [-0.3, -0.25) is 10.1 Å². The minimum atomic E-state index is -3.59. The Kier molecular flexibility index (Phi) is 39.6. The molecule has 30 heteroatoms. The van der Waals surface area contributed by atoms with Crippen molar-refractivity contribution in [3.63, 3.8) is 0 Å². The molecule has 0 spiro atoms. The van der Waals surface area contributed by atoms with Crippen molar-refractivity contribution < 1.29 is 90.8 Å². The summed E-state index contributed by atoms with van der Waals surface area (Å²) in [5, 5.41) is 72.5. The molecule has 0 aliphatic rings. The monoisotopic (exact) mass is 1580 g/mol. The van der Waals surface area contributed by atoms with Crippen LogP contribution in [0.3, 0.4) is 0 Å². The van der Waals surface area contributed by atoms with Gasteiger partial charge in [0.05, 0.1) is 60.3 Å². The molecule has 0 heterocycles. The second-order valence-electron chi connectivity index (χ2n) is 23.6. The molecular weight excluding hydrogens is 1490 g/mol. The normalized spacial score (nSPS) is 14.7. The summed E-state index contributed by atoms with van der Waals surface area (Å²) in [4.78, 5) is 9.94. The maximum Gasteiger partial charge on any atom is 0.269 e. The molecule has 0 aromatic heterocycles. The van der Waals surface area contributed by atoms with Crippen LogP contribution in [0.5, 0.6) is 5.75 Å². The van der Waals surface area contributed by atoms with Gasteiger partial charge >= 0.3 is 0 Å². The molecule has 105 heavy (non-hydrogen) atoms. The van der Waals surface area contributed by atoms with Crippen LogP contribution in [-0.4, -0.2) is 167 Å². The fourth-order valence-corrected chi connectivity index (χ4v) is 18.3. The van der Waals surface area contributed by atoms with Crippen LogP contribution in [0.15, 0.2) is 152 Å². The highest BCUT2D eigenvalue weighted by molar-refractivity contribution is 7.92. The summed E-state index contributed by atoms with van der Waals surface area (Å²) in [7, 11) is -19.3. The van der Waals surface area contributed by atoms with E-state index in [2.05, 4.69) is 35.5 Å². The summed E-state index contributed by atoms with van der Waals surface area (Å²) in [6.45, 7) is 1.91. The van der Waals surface area contributed by atoms with E-state index in [1.807, 2.05) is 25.1 Å². The third kappa shape index (κ3) is 32.6. The lowest BCUT2D eigenvalue weighted by atomic mass is 10.0. The largest absolute Gasteiger partial charge is 0.497 e. The zero-order valence-corrected chi connectivity index (χ0v) is 64.3. The number of terminal acetylenes is 6. The standard InChI is InChI=1S/C13H13NO3S.C13H16O4S.C13H16O3S.C12H13ClO3S.C12H13NO5S.C12H14O3S/c1-3-4-12(15)13(18(2,16)17)11-7-5-10(9-14)6-8-11;1-4-6-12(14)13(18(3,15)16)10-7-5-8-11(9-10)17-2;1-4-5-12(14)13(17(3,15)16)11-8-6-10(2)7-9-11;1-3-4-11(14)12(17(2,15)16)9-5-7-10(13)8-6-9;1-3-4-11(14)12(19(2,17)18)9-5-7-10(8-6-9)13(15)16;1-3-7-11(13)12(16(2,14)15)10-8-5-4-6-9-10/h1,5-8,12-13,15H,4H2,2H3;1,5,7-9,12-14H,6H2,2-3H3;1,6-9,12-14H,5H2,2-3H3;1,5-8,11-12,14H,4H2,2H3;1,5-8,11-12,14H,4H2,2H3;1,4-6,8-9,11-13H,7H2,2H3. The Morgan fingerprint density at radius 1 is 0.400 bits per heavy atom. The number of hydrogen-bond acceptors (Lipinski definition) is 22. The number of hydrogen-bond donors (Lipinski definition) is 6. The fraction of sp³-hybridized carbons (Fsp3) is 0.347. The third-order valence-electron chi connectivity index (χ3n) is 14.8. The van der Waals surface area contributed by atoms with Gasteiger partial charge < -0.3 is 35.4 Å². The Labute approximate surface area is 623 Å². The maximum absolute atomic E-state index is 11.8. The number of rotatable bonds is 26. The Morgan fingerprint density at radius 3 is 0.905 bits per heavy atom. The zero-order chi connectivity index (χ0) is 80.4. The molecule has 0 radical (unpaired) electrons. The maximum atomic E-state index is 11.8. The summed E-state index contributed by atoms with van der Waals surface area (Å²) in [6.07, 6.45) is 30.0.